The van der Waals surface area contributed by atoms with E-state index < -0.39 is 0 Å². The van der Waals surface area contributed by atoms with Gasteiger partial charge in [0, 0.05) is 6.42 Å². The number of rotatable bonds is 1. The van der Waals surface area contributed by atoms with Crippen molar-refractivity contribution in [3.8, 4) is 0 Å². The Balaban J connectivity index is 1.91. The largest absolute Gasteiger partial charge is 0.461 e. The smallest absolute Gasteiger partial charge is 0.130 e. The van der Waals surface area contributed by atoms with E-state index in [1.54, 1.807) is 0 Å². The fourth-order valence-electron chi connectivity index (χ4n) is 2.71. The van der Waals surface area contributed by atoms with Gasteiger partial charge in [0.05, 0.1) is 0 Å². The topological polar surface area (TPSA) is 13.1 Å². The molecule has 0 spiro atoms. The van der Waals surface area contributed by atoms with Crippen LogP contribution in [0.1, 0.15) is 55.6 Å². The van der Waals surface area contributed by atoms with Crippen LogP contribution in [0, 0.1) is 0 Å². The first kappa shape index (κ1) is 9.26. The van der Waals surface area contributed by atoms with Gasteiger partial charge in [0.2, 0.25) is 0 Å². The van der Waals surface area contributed by atoms with E-state index in [2.05, 4.69) is 12.1 Å². The SMILES string of the molecule is C1=C(c2cc3c(o2)CCCC3)CCCC1. The third kappa shape index (κ3) is 1.75. The van der Waals surface area contributed by atoms with E-state index in [9.17, 15) is 0 Å². The van der Waals surface area contributed by atoms with Crippen molar-refractivity contribution in [3.63, 3.8) is 0 Å². The maximum Gasteiger partial charge on any atom is 0.130 e. The van der Waals surface area contributed by atoms with Crippen molar-refractivity contribution in [2.24, 2.45) is 0 Å². The van der Waals surface area contributed by atoms with Crippen LogP contribution in [0.4, 0.5) is 0 Å². The standard InChI is InChI=1S/C14H18O/c1-2-6-11(7-3-1)14-10-12-8-4-5-9-13(12)15-14/h6,10H,1-5,7-9H2. The van der Waals surface area contributed by atoms with Gasteiger partial charge in [-0.25, -0.2) is 0 Å². The second-order valence-electron chi connectivity index (χ2n) is 4.74. The van der Waals surface area contributed by atoms with Gasteiger partial charge in [-0.1, -0.05) is 6.08 Å². The minimum absolute atomic E-state index is 1.16. The lowest BCUT2D eigenvalue weighted by Crippen LogP contribution is -1.97. The molecule has 1 heteroatoms. The third-order valence-electron chi connectivity index (χ3n) is 3.60. The van der Waals surface area contributed by atoms with Crippen molar-refractivity contribution < 1.29 is 4.42 Å². The first-order valence-corrected chi connectivity index (χ1v) is 6.24. The summed E-state index contributed by atoms with van der Waals surface area (Å²) in [6, 6.07) is 2.30. The van der Waals surface area contributed by atoms with Crippen LogP contribution >= 0.6 is 0 Å². The van der Waals surface area contributed by atoms with Crippen LogP contribution in [-0.2, 0) is 12.8 Å². The number of hydrogen-bond donors (Lipinski definition) is 0. The highest BCUT2D eigenvalue weighted by atomic mass is 16.3. The Bertz CT molecular complexity index is 361. The Hall–Kier alpha value is -0.980. The fraction of sp³-hybridized carbons (Fsp3) is 0.571. The van der Waals surface area contributed by atoms with Crippen LogP contribution in [0.15, 0.2) is 16.6 Å². The summed E-state index contributed by atoms with van der Waals surface area (Å²) in [5.41, 5.74) is 2.93. The molecule has 0 amide bonds. The van der Waals surface area contributed by atoms with Gasteiger partial charge in [-0.2, -0.15) is 0 Å². The zero-order valence-corrected chi connectivity index (χ0v) is 9.22. The minimum Gasteiger partial charge on any atom is -0.461 e. The fourth-order valence-corrected chi connectivity index (χ4v) is 2.71. The summed E-state index contributed by atoms with van der Waals surface area (Å²) in [5.74, 6) is 2.43. The van der Waals surface area contributed by atoms with E-state index in [1.165, 1.54) is 67.6 Å². The van der Waals surface area contributed by atoms with Crippen LogP contribution < -0.4 is 0 Å². The molecule has 2 aliphatic carbocycles. The highest BCUT2D eigenvalue weighted by molar-refractivity contribution is 5.63. The highest BCUT2D eigenvalue weighted by Gasteiger charge is 2.17. The molecule has 0 N–H and O–H groups in total. The molecule has 0 unspecified atom stereocenters. The van der Waals surface area contributed by atoms with Crippen LogP contribution in [0.25, 0.3) is 5.57 Å². The van der Waals surface area contributed by atoms with Crippen molar-refractivity contribution in [2.45, 2.75) is 51.4 Å². The van der Waals surface area contributed by atoms with Gasteiger partial charge in [-0.15, -0.1) is 0 Å². The minimum atomic E-state index is 1.16. The van der Waals surface area contributed by atoms with Crippen molar-refractivity contribution in [2.75, 3.05) is 0 Å². The summed E-state index contributed by atoms with van der Waals surface area (Å²) in [5, 5.41) is 0. The van der Waals surface area contributed by atoms with Gasteiger partial charge in [0.1, 0.15) is 11.5 Å². The van der Waals surface area contributed by atoms with E-state index in [4.69, 9.17) is 4.42 Å². The van der Waals surface area contributed by atoms with Gasteiger partial charge in [0.15, 0.2) is 0 Å². The predicted molar refractivity (Wildman–Crippen MR) is 61.8 cm³/mol. The number of allylic oxidation sites excluding steroid dienone is 2. The zero-order chi connectivity index (χ0) is 10.1. The average molecular weight is 202 g/mol. The summed E-state index contributed by atoms with van der Waals surface area (Å²) < 4.78 is 5.98. The predicted octanol–water partition coefficient (Wildman–Crippen LogP) is 4.12. The van der Waals surface area contributed by atoms with Crippen LogP contribution in [0.5, 0.6) is 0 Å². The quantitative estimate of drug-likeness (QED) is 0.667. The lowest BCUT2D eigenvalue weighted by molar-refractivity contribution is 0.466. The van der Waals surface area contributed by atoms with E-state index in [0.29, 0.717) is 0 Å². The van der Waals surface area contributed by atoms with E-state index in [-0.39, 0.29) is 0 Å². The van der Waals surface area contributed by atoms with Crippen LogP contribution in [0.2, 0.25) is 0 Å². The molecular formula is C14H18O. The number of furan rings is 1. The van der Waals surface area contributed by atoms with E-state index in [0.717, 1.165) is 6.42 Å². The molecule has 80 valence electrons. The van der Waals surface area contributed by atoms with Gasteiger partial charge in [-0.3, -0.25) is 0 Å². The number of hydrogen-bond acceptors (Lipinski definition) is 1. The van der Waals surface area contributed by atoms with Crippen molar-refractivity contribution in [1.29, 1.82) is 0 Å². The van der Waals surface area contributed by atoms with Crippen LogP contribution in [-0.4, -0.2) is 0 Å². The van der Waals surface area contributed by atoms with Crippen LogP contribution in [0.3, 0.4) is 0 Å². The van der Waals surface area contributed by atoms with Gasteiger partial charge >= 0.3 is 0 Å². The number of fused-ring (bicyclic) bond motifs is 1. The van der Waals surface area contributed by atoms with Crippen molar-refractivity contribution in [1.82, 2.24) is 0 Å². The molecule has 0 atom stereocenters. The molecule has 0 aliphatic heterocycles. The van der Waals surface area contributed by atoms with E-state index in [1.807, 2.05) is 0 Å². The summed E-state index contributed by atoms with van der Waals surface area (Å²) >= 11 is 0. The Morgan fingerprint density at radius 2 is 1.80 bits per heavy atom. The summed E-state index contributed by atoms with van der Waals surface area (Å²) in [6.45, 7) is 0. The second kappa shape index (κ2) is 3.88. The molecule has 0 aromatic carbocycles. The first-order valence-electron chi connectivity index (χ1n) is 6.24. The van der Waals surface area contributed by atoms with E-state index >= 15 is 0 Å². The van der Waals surface area contributed by atoms with Gasteiger partial charge in [0.25, 0.3) is 0 Å². The molecule has 0 saturated heterocycles. The Morgan fingerprint density at radius 1 is 0.933 bits per heavy atom. The first-order chi connectivity index (χ1) is 7.43. The third-order valence-corrected chi connectivity index (χ3v) is 3.60. The molecule has 1 nitrogen and oxygen atoms in total. The molecule has 1 aromatic heterocycles. The Labute approximate surface area is 91.2 Å². The highest BCUT2D eigenvalue weighted by Crippen LogP contribution is 2.32. The maximum absolute atomic E-state index is 5.98. The summed E-state index contributed by atoms with van der Waals surface area (Å²) in [4.78, 5) is 0. The second-order valence-corrected chi connectivity index (χ2v) is 4.74. The maximum atomic E-state index is 5.98. The number of aryl methyl sites for hydroxylation is 2. The van der Waals surface area contributed by atoms with Gasteiger partial charge in [-0.05, 0) is 62.1 Å². The van der Waals surface area contributed by atoms with Crippen molar-refractivity contribution in [3.05, 3.63) is 29.2 Å². The summed E-state index contributed by atoms with van der Waals surface area (Å²) in [6.07, 6.45) is 12.5. The monoisotopic (exact) mass is 202 g/mol. The molecule has 0 bridgehead atoms. The molecule has 0 radical (unpaired) electrons. The van der Waals surface area contributed by atoms with Gasteiger partial charge < -0.3 is 4.42 Å². The lowest BCUT2D eigenvalue weighted by atomic mass is 9.96. The average Bonchev–Trinajstić information content (AvgIpc) is 2.74. The molecule has 0 saturated carbocycles. The normalized spacial score (nSPS) is 20.9. The lowest BCUT2D eigenvalue weighted by Gasteiger charge is -2.09. The molecule has 15 heavy (non-hydrogen) atoms. The Morgan fingerprint density at radius 3 is 2.60 bits per heavy atom. The molecule has 1 aromatic rings. The molecule has 0 fully saturated rings. The molecule has 2 aliphatic rings. The molecule has 1 heterocycles. The summed E-state index contributed by atoms with van der Waals surface area (Å²) in [7, 11) is 0. The Kier molecular flexibility index (Phi) is 2.40. The zero-order valence-electron chi connectivity index (χ0n) is 9.22. The molecular weight excluding hydrogens is 184 g/mol. The van der Waals surface area contributed by atoms with Crippen molar-refractivity contribution >= 4 is 5.57 Å². The molecule has 3 rings (SSSR count).